The number of aliphatic carboxylic acids is 1. The monoisotopic (exact) mass is 274 g/mol. The summed E-state index contributed by atoms with van der Waals surface area (Å²) in [6.07, 6.45) is 10.9. The summed E-state index contributed by atoms with van der Waals surface area (Å²) >= 11 is 1.80. The third-order valence-electron chi connectivity index (χ3n) is 3.19. The summed E-state index contributed by atoms with van der Waals surface area (Å²) in [7, 11) is 0. The van der Waals surface area contributed by atoms with E-state index in [-0.39, 0.29) is 11.2 Å². The van der Waals surface area contributed by atoms with Gasteiger partial charge in [-0.3, -0.25) is 4.79 Å². The zero-order valence-electron chi connectivity index (χ0n) is 12.3. The highest BCUT2D eigenvalue weighted by atomic mass is 32.2. The van der Waals surface area contributed by atoms with Gasteiger partial charge >= 0.3 is 5.97 Å². The number of hydrogen-bond acceptors (Lipinski definition) is 2. The Kier molecular flexibility index (Phi) is 10.6. The summed E-state index contributed by atoms with van der Waals surface area (Å²) < 4.78 is 0.235. The quantitative estimate of drug-likeness (QED) is 0.502. The Balaban J connectivity index is 3.43. The molecule has 0 spiro atoms. The molecule has 0 aromatic heterocycles. The van der Waals surface area contributed by atoms with Crippen LogP contribution >= 0.6 is 11.8 Å². The molecule has 0 amide bonds. The number of carboxylic acids is 1. The minimum absolute atomic E-state index is 0.235. The number of hydrogen-bond donors (Lipinski definition) is 1. The molecule has 0 radical (unpaired) electrons. The largest absolute Gasteiger partial charge is 0.481 e. The lowest BCUT2D eigenvalue weighted by Gasteiger charge is -2.23. The molecule has 0 atom stereocenters. The van der Waals surface area contributed by atoms with Crippen molar-refractivity contribution in [3.05, 3.63) is 0 Å². The Morgan fingerprint density at radius 3 is 2.17 bits per heavy atom. The molecule has 0 aliphatic rings. The maximum Gasteiger partial charge on any atom is 0.304 e. The lowest BCUT2D eigenvalue weighted by atomic mass is 10.0. The normalized spacial score (nSPS) is 11.7. The summed E-state index contributed by atoms with van der Waals surface area (Å²) in [5.41, 5.74) is 0. The Hall–Kier alpha value is -0.180. The van der Waals surface area contributed by atoms with Gasteiger partial charge in [-0.1, -0.05) is 65.7 Å². The van der Waals surface area contributed by atoms with Gasteiger partial charge in [0.2, 0.25) is 0 Å². The van der Waals surface area contributed by atoms with Crippen molar-refractivity contribution in [1.82, 2.24) is 0 Å². The van der Waals surface area contributed by atoms with Gasteiger partial charge in [0.15, 0.2) is 0 Å². The smallest absolute Gasteiger partial charge is 0.304 e. The van der Waals surface area contributed by atoms with Crippen LogP contribution in [0.2, 0.25) is 0 Å². The fourth-order valence-corrected chi connectivity index (χ4v) is 3.11. The van der Waals surface area contributed by atoms with Crippen LogP contribution in [0.4, 0.5) is 0 Å². The standard InChI is InChI=1S/C15H30O2S/c1-4-5-6-7-8-9-10-12-15(2,3)18-13-11-14(16)17/h4-13H2,1-3H3,(H,16,17). The van der Waals surface area contributed by atoms with Gasteiger partial charge in [-0.05, 0) is 6.42 Å². The molecule has 0 saturated heterocycles. The van der Waals surface area contributed by atoms with E-state index >= 15 is 0 Å². The Labute approximate surface area is 117 Å². The molecule has 0 aromatic carbocycles. The van der Waals surface area contributed by atoms with Crippen molar-refractivity contribution in [3.63, 3.8) is 0 Å². The van der Waals surface area contributed by atoms with Gasteiger partial charge in [0, 0.05) is 10.5 Å². The van der Waals surface area contributed by atoms with Gasteiger partial charge in [-0.2, -0.15) is 11.8 Å². The van der Waals surface area contributed by atoms with E-state index in [1.165, 1.54) is 51.4 Å². The van der Waals surface area contributed by atoms with Gasteiger partial charge in [-0.25, -0.2) is 0 Å². The number of carboxylic acid groups (broad SMARTS) is 1. The Bertz CT molecular complexity index is 215. The van der Waals surface area contributed by atoms with Crippen molar-refractivity contribution in [2.45, 2.75) is 83.3 Å². The van der Waals surface area contributed by atoms with E-state index in [0.717, 1.165) is 5.75 Å². The third-order valence-corrected chi connectivity index (χ3v) is 4.58. The zero-order chi connectivity index (χ0) is 13.9. The molecule has 0 aliphatic heterocycles. The molecule has 0 rings (SSSR count). The molecule has 0 aliphatic carbocycles. The number of unbranched alkanes of at least 4 members (excludes halogenated alkanes) is 6. The van der Waals surface area contributed by atoms with E-state index in [4.69, 9.17) is 5.11 Å². The second kappa shape index (κ2) is 10.7. The molecule has 2 nitrogen and oxygen atoms in total. The van der Waals surface area contributed by atoms with Gasteiger partial charge in [0.25, 0.3) is 0 Å². The first-order chi connectivity index (χ1) is 8.48. The molecular weight excluding hydrogens is 244 g/mol. The summed E-state index contributed by atoms with van der Waals surface area (Å²) in [4.78, 5) is 10.5. The predicted octanol–water partition coefficient (Wildman–Crippen LogP) is 5.11. The first-order valence-electron chi connectivity index (χ1n) is 7.33. The minimum Gasteiger partial charge on any atom is -0.481 e. The van der Waals surface area contributed by atoms with Crippen molar-refractivity contribution < 1.29 is 9.90 Å². The lowest BCUT2D eigenvalue weighted by molar-refractivity contribution is -0.136. The van der Waals surface area contributed by atoms with Gasteiger partial charge in [-0.15, -0.1) is 0 Å². The SMILES string of the molecule is CCCCCCCCCC(C)(C)SCCC(=O)O. The average molecular weight is 274 g/mol. The summed E-state index contributed by atoms with van der Waals surface area (Å²) in [6.45, 7) is 6.71. The van der Waals surface area contributed by atoms with E-state index < -0.39 is 5.97 Å². The molecule has 18 heavy (non-hydrogen) atoms. The second-order valence-electron chi connectivity index (χ2n) is 5.62. The van der Waals surface area contributed by atoms with Crippen LogP contribution < -0.4 is 0 Å². The van der Waals surface area contributed by atoms with Crippen LogP contribution in [-0.4, -0.2) is 21.6 Å². The molecule has 0 fully saturated rings. The zero-order valence-corrected chi connectivity index (χ0v) is 13.2. The number of thioether (sulfide) groups is 1. The molecule has 3 heteroatoms. The van der Waals surface area contributed by atoms with Crippen molar-refractivity contribution >= 4 is 17.7 Å². The Morgan fingerprint density at radius 1 is 1.06 bits per heavy atom. The third kappa shape index (κ3) is 12.3. The van der Waals surface area contributed by atoms with Crippen molar-refractivity contribution in [2.75, 3.05) is 5.75 Å². The molecule has 0 heterocycles. The van der Waals surface area contributed by atoms with E-state index in [9.17, 15) is 4.79 Å². The van der Waals surface area contributed by atoms with E-state index in [1.807, 2.05) is 0 Å². The van der Waals surface area contributed by atoms with E-state index in [1.54, 1.807) is 11.8 Å². The molecule has 1 N–H and O–H groups in total. The van der Waals surface area contributed by atoms with Crippen LogP contribution in [0.1, 0.15) is 78.6 Å². The number of carbonyl (C=O) groups is 1. The maximum atomic E-state index is 10.5. The fourth-order valence-electron chi connectivity index (χ4n) is 1.99. The van der Waals surface area contributed by atoms with Crippen LogP contribution in [-0.2, 0) is 4.79 Å². The summed E-state index contributed by atoms with van der Waals surface area (Å²) in [5.74, 6) is 0.0491. The number of rotatable bonds is 12. The summed E-state index contributed by atoms with van der Waals surface area (Å²) in [6, 6.07) is 0. The highest BCUT2D eigenvalue weighted by molar-refractivity contribution is 8.00. The van der Waals surface area contributed by atoms with Crippen LogP contribution in [0.3, 0.4) is 0 Å². The topological polar surface area (TPSA) is 37.3 Å². The van der Waals surface area contributed by atoms with Crippen molar-refractivity contribution in [3.8, 4) is 0 Å². The average Bonchev–Trinajstić information content (AvgIpc) is 2.27. The maximum absolute atomic E-state index is 10.5. The first-order valence-corrected chi connectivity index (χ1v) is 8.32. The highest BCUT2D eigenvalue weighted by Gasteiger charge is 2.17. The molecule has 0 aromatic rings. The second-order valence-corrected chi connectivity index (χ2v) is 7.43. The molecule has 108 valence electrons. The Morgan fingerprint density at radius 2 is 1.61 bits per heavy atom. The van der Waals surface area contributed by atoms with Crippen LogP contribution in [0.5, 0.6) is 0 Å². The first kappa shape index (κ1) is 17.8. The molecule has 0 saturated carbocycles. The van der Waals surface area contributed by atoms with Gasteiger partial charge < -0.3 is 5.11 Å². The van der Waals surface area contributed by atoms with Gasteiger partial charge in [0.1, 0.15) is 0 Å². The van der Waals surface area contributed by atoms with Crippen molar-refractivity contribution in [2.24, 2.45) is 0 Å². The molecule has 0 unspecified atom stereocenters. The lowest BCUT2D eigenvalue weighted by Crippen LogP contribution is -2.16. The summed E-state index contributed by atoms with van der Waals surface area (Å²) in [5, 5.41) is 8.61. The molecule has 0 bridgehead atoms. The predicted molar refractivity (Wildman–Crippen MR) is 81.4 cm³/mol. The van der Waals surface area contributed by atoms with Crippen molar-refractivity contribution in [1.29, 1.82) is 0 Å². The highest BCUT2D eigenvalue weighted by Crippen LogP contribution is 2.30. The van der Waals surface area contributed by atoms with Crippen LogP contribution in [0.15, 0.2) is 0 Å². The van der Waals surface area contributed by atoms with E-state index in [2.05, 4.69) is 20.8 Å². The van der Waals surface area contributed by atoms with Gasteiger partial charge in [0.05, 0.1) is 6.42 Å². The fraction of sp³-hybridized carbons (Fsp3) is 0.933. The van der Waals surface area contributed by atoms with Crippen LogP contribution in [0, 0.1) is 0 Å². The molecular formula is C15H30O2S. The van der Waals surface area contributed by atoms with Crippen LogP contribution in [0.25, 0.3) is 0 Å². The van der Waals surface area contributed by atoms with E-state index in [0.29, 0.717) is 0 Å². The minimum atomic E-state index is -0.686.